The Labute approximate surface area is 265 Å². The monoisotopic (exact) mass is 659 g/mol. The standard InChI is InChI=1S/C31H36F3N7O4S/c1-4-28(42)40-12-8-25(40)21-5-6-24(41-17-20(19(41)2)18-46(44,45)31(32,33)34)23-16-36-27(15-22(21)23)37-26-7-11-35-29(38-26)39-13-9-30(3,43)10-14-39/h4-7,11,15-16,19-20,25,43H,1,8-10,12-14,17-18H2,2-3H3,(H,35,36,37,38)/t19-,20-,25-/m1/s1. The van der Waals surface area contributed by atoms with Gasteiger partial charge in [-0.15, -0.1) is 0 Å². The Bertz CT molecular complexity index is 1780. The number of nitrogens with one attached hydrogen (secondary N) is 1. The number of sulfone groups is 1. The number of pyridine rings is 1. The molecule has 1 aromatic carbocycles. The average Bonchev–Trinajstić information content (AvgIpc) is 2.98. The maximum Gasteiger partial charge on any atom is 0.497 e. The number of benzene rings is 1. The van der Waals surface area contributed by atoms with Gasteiger partial charge in [-0.2, -0.15) is 18.2 Å². The third-order valence-corrected chi connectivity index (χ3v) is 11.0. The van der Waals surface area contributed by atoms with E-state index in [1.807, 2.05) is 34.9 Å². The minimum absolute atomic E-state index is 0.144. The number of rotatable bonds is 8. The highest BCUT2D eigenvalue weighted by Crippen LogP contribution is 2.44. The van der Waals surface area contributed by atoms with E-state index in [1.54, 1.807) is 30.3 Å². The van der Waals surface area contributed by atoms with Gasteiger partial charge in [-0.1, -0.05) is 12.6 Å². The molecule has 0 saturated carbocycles. The summed E-state index contributed by atoms with van der Waals surface area (Å²) in [5, 5.41) is 15.1. The minimum atomic E-state index is -5.29. The predicted molar refractivity (Wildman–Crippen MR) is 169 cm³/mol. The molecule has 2 N–H and O–H groups in total. The summed E-state index contributed by atoms with van der Waals surface area (Å²) in [7, 11) is -5.24. The van der Waals surface area contributed by atoms with Gasteiger partial charge in [0, 0.05) is 61.6 Å². The van der Waals surface area contributed by atoms with Crippen LogP contribution in [0.15, 0.2) is 49.3 Å². The Morgan fingerprint density at radius 1 is 1.15 bits per heavy atom. The summed E-state index contributed by atoms with van der Waals surface area (Å²) in [6.45, 7) is 9.13. The molecule has 15 heteroatoms. The van der Waals surface area contributed by atoms with E-state index in [0.717, 1.165) is 28.4 Å². The van der Waals surface area contributed by atoms with Crippen molar-refractivity contribution in [3.8, 4) is 0 Å². The van der Waals surface area contributed by atoms with Crippen LogP contribution in [0.2, 0.25) is 0 Å². The molecule has 3 aromatic rings. The smallest absolute Gasteiger partial charge is 0.390 e. The number of fused-ring (bicyclic) bond motifs is 1. The number of alkyl halides is 3. The van der Waals surface area contributed by atoms with Crippen LogP contribution in [0.4, 0.5) is 36.4 Å². The lowest BCUT2D eigenvalue weighted by Crippen LogP contribution is -2.58. The molecular weight excluding hydrogens is 623 g/mol. The van der Waals surface area contributed by atoms with Crippen molar-refractivity contribution in [1.29, 1.82) is 0 Å². The number of nitrogens with zero attached hydrogens (tertiary/aromatic N) is 6. The molecule has 0 bridgehead atoms. The van der Waals surface area contributed by atoms with Crippen molar-refractivity contribution in [2.75, 3.05) is 47.0 Å². The molecule has 3 aliphatic rings. The molecule has 0 aliphatic carbocycles. The lowest BCUT2D eigenvalue weighted by Gasteiger charge is -2.48. The lowest BCUT2D eigenvalue weighted by atomic mass is 9.87. The fraction of sp³-hybridized carbons (Fsp3) is 0.484. The Morgan fingerprint density at radius 3 is 2.52 bits per heavy atom. The van der Waals surface area contributed by atoms with Crippen molar-refractivity contribution in [1.82, 2.24) is 19.9 Å². The number of halogens is 3. The van der Waals surface area contributed by atoms with Gasteiger partial charge in [-0.3, -0.25) is 4.79 Å². The third-order valence-electron chi connectivity index (χ3n) is 9.47. The Hall–Kier alpha value is -3.98. The van der Waals surface area contributed by atoms with E-state index in [4.69, 9.17) is 0 Å². The molecule has 11 nitrogen and oxygen atoms in total. The molecule has 3 atom stereocenters. The summed E-state index contributed by atoms with van der Waals surface area (Å²) >= 11 is 0. The summed E-state index contributed by atoms with van der Waals surface area (Å²) in [4.78, 5) is 31.9. The molecule has 6 rings (SSSR count). The van der Waals surface area contributed by atoms with Crippen LogP contribution in [0.1, 0.15) is 44.7 Å². The quantitative estimate of drug-likeness (QED) is 0.337. The van der Waals surface area contributed by atoms with Crippen molar-refractivity contribution in [3.05, 3.63) is 54.9 Å². The average molecular weight is 660 g/mol. The van der Waals surface area contributed by atoms with Gasteiger partial charge in [-0.05, 0) is 68.3 Å². The highest BCUT2D eigenvalue weighted by molar-refractivity contribution is 7.92. The number of anilines is 4. The number of aliphatic hydroxyl groups is 1. The Balaban J connectivity index is 1.30. The van der Waals surface area contributed by atoms with E-state index in [0.29, 0.717) is 50.1 Å². The van der Waals surface area contributed by atoms with Crippen LogP contribution in [0.25, 0.3) is 10.8 Å². The summed E-state index contributed by atoms with van der Waals surface area (Å²) in [5.74, 6) is -0.284. The van der Waals surface area contributed by atoms with Crippen LogP contribution in [0.5, 0.6) is 0 Å². The number of carbonyl (C=O) groups is 1. The molecular formula is C31H36F3N7O4S. The van der Waals surface area contributed by atoms with Gasteiger partial charge in [0.2, 0.25) is 21.7 Å². The number of carbonyl (C=O) groups excluding carboxylic acids is 1. The number of hydrogen-bond donors (Lipinski definition) is 2. The van der Waals surface area contributed by atoms with Crippen molar-refractivity contribution in [2.24, 2.45) is 5.92 Å². The van der Waals surface area contributed by atoms with Crippen LogP contribution in [0, 0.1) is 5.92 Å². The van der Waals surface area contributed by atoms with Gasteiger partial charge in [0.1, 0.15) is 11.6 Å². The maximum absolute atomic E-state index is 13.1. The Morgan fingerprint density at radius 2 is 1.89 bits per heavy atom. The van der Waals surface area contributed by atoms with Gasteiger partial charge < -0.3 is 25.1 Å². The molecule has 0 radical (unpaired) electrons. The van der Waals surface area contributed by atoms with Crippen LogP contribution in [-0.4, -0.2) is 88.4 Å². The largest absolute Gasteiger partial charge is 0.497 e. The number of piperidine rings is 1. The van der Waals surface area contributed by atoms with Gasteiger partial charge in [0.05, 0.1) is 17.4 Å². The van der Waals surface area contributed by atoms with Crippen LogP contribution in [-0.2, 0) is 14.6 Å². The first-order valence-electron chi connectivity index (χ1n) is 15.2. The highest BCUT2D eigenvalue weighted by atomic mass is 32.2. The van der Waals surface area contributed by atoms with Gasteiger partial charge in [0.15, 0.2) is 0 Å². The van der Waals surface area contributed by atoms with Crippen molar-refractivity contribution < 1.29 is 31.5 Å². The van der Waals surface area contributed by atoms with Gasteiger partial charge in [0.25, 0.3) is 0 Å². The summed E-state index contributed by atoms with van der Waals surface area (Å²) in [6, 6.07) is 6.70. The highest BCUT2D eigenvalue weighted by Gasteiger charge is 2.50. The van der Waals surface area contributed by atoms with Gasteiger partial charge in [-0.25, -0.2) is 18.4 Å². The number of likely N-dealkylation sites (tertiary alicyclic amines) is 1. The molecule has 1 amide bonds. The van der Waals surface area contributed by atoms with E-state index in [-0.39, 0.29) is 18.5 Å². The minimum Gasteiger partial charge on any atom is -0.390 e. The van der Waals surface area contributed by atoms with Crippen LogP contribution < -0.4 is 15.1 Å². The zero-order valence-electron chi connectivity index (χ0n) is 25.5. The van der Waals surface area contributed by atoms with E-state index < -0.39 is 38.7 Å². The van der Waals surface area contributed by atoms with Crippen molar-refractivity contribution >= 4 is 49.8 Å². The molecule has 3 aliphatic heterocycles. The first-order valence-corrected chi connectivity index (χ1v) is 16.8. The first-order chi connectivity index (χ1) is 21.7. The maximum atomic E-state index is 13.1. The SMILES string of the molecule is C=CC(=O)N1CC[C@@H]1c1ccc(N2C[C@H](CS(=O)(=O)C(F)(F)F)[C@H]2C)c2cnc(Nc3ccnc(N4CCC(C)(O)CC4)n3)cc12. The molecule has 46 heavy (non-hydrogen) atoms. The molecule has 3 fully saturated rings. The molecule has 246 valence electrons. The first kappa shape index (κ1) is 32.0. The van der Waals surface area contributed by atoms with E-state index in [9.17, 15) is 31.5 Å². The number of amides is 1. The van der Waals surface area contributed by atoms with E-state index >= 15 is 0 Å². The summed E-state index contributed by atoms with van der Waals surface area (Å²) in [5.41, 5.74) is -4.39. The van der Waals surface area contributed by atoms with E-state index in [2.05, 4.69) is 26.8 Å². The van der Waals surface area contributed by atoms with Crippen molar-refractivity contribution in [3.63, 3.8) is 0 Å². The molecule has 0 unspecified atom stereocenters. The lowest BCUT2D eigenvalue weighted by molar-refractivity contribution is -0.133. The summed E-state index contributed by atoms with van der Waals surface area (Å²) < 4.78 is 62.8. The second-order valence-electron chi connectivity index (χ2n) is 12.6. The van der Waals surface area contributed by atoms with Gasteiger partial charge >= 0.3 is 5.51 Å². The summed E-state index contributed by atoms with van der Waals surface area (Å²) in [6.07, 6.45) is 6.56. The number of hydrogen-bond acceptors (Lipinski definition) is 10. The molecule has 0 spiro atoms. The van der Waals surface area contributed by atoms with E-state index in [1.165, 1.54) is 6.08 Å². The Kier molecular flexibility index (Phi) is 8.12. The van der Waals surface area contributed by atoms with Crippen molar-refractivity contribution in [2.45, 2.75) is 56.3 Å². The second kappa shape index (κ2) is 11.7. The van der Waals surface area contributed by atoms with Crippen LogP contribution in [0.3, 0.4) is 0 Å². The topological polar surface area (TPSA) is 132 Å². The zero-order chi connectivity index (χ0) is 33.0. The predicted octanol–water partition coefficient (Wildman–Crippen LogP) is 4.34. The molecule has 2 aromatic heterocycles. The third kappa shape index (κ3) is 5.97. The number of aromatic nitrogens is 3. The normalized spacial score (nSPS) is 23.1. The van der Waals surface area contributed by atoms with Crippen LogP contribution >= 0.6 is 0 Å². The fourth-order valence-electron chi connectivity index (χ4n) is 6.41. The fourth-order valence-corrected chi connectivity index (χ4v) is 7.55. The zero-order valence-corrected chi connectivity index (χ0v) is 26.4. The molecule has 5 heterocycles. The molecule has 3 saturated heterocycles. The second-order valence-corrected chi connectivity index (χ2v) is 14.6.